The van der Waals surface area contributed by atoms with Crippen LogP contribution >= 0.6 is 11.6 Å². The van der Waals surface area contributed by atoms with Gasteiger partial charge >= 0.3 is 5.97 Å². The van der Waals surface area contributed by atoms with Crippen molar-refractivity contribution >= 4 is 39.5 Å². The average Bonchev–Trinajstić information content (AvgIpc) is 2.65. The lowest BCUT2D eigenvalue weighted by molar-refractivity contribution is -0.151. The highest BCUT2D eigenvalue weighted by Crippen LogP contribution is 2.27. The zero-order chi connectivity index (χ0) is 19.4. The number of benzene rings is 2. The molecule has 0 bridgehead atoms. The molecule has 1 heterocycles. The SMILES string of the molecule is CCCC(OCCOc1ccc2c(=O)c3cccc(Cl)c3oc2c1)C(=O)O. The first-order valence-corrected chi connectivity index (χ1v) is 9.01. The van der Waals surface area contributed by atoms with Crippen LogP contribution in [0.3, 0.4) is 0 Å². The predicted octanol–water partition coefficient (Wildman–Crippen LogP) is 4.25. The maximum Gasteiger partial charge on any atom is 0.332 e. The van der Waals surface area contributed by atoms with Gasteiger partial charge in [-0.3, -0.25) is 4.79 Å². The summed E-state index contributed by atoms with van der Waals surface area (Å²) in [6.45, 7) is 2.22. The summed E-state index contributed by atoms with van der Waals surface area (Å²) in [6, 6.07) is 9.94. The Labute approximate surface area is 160 Å². The molecule has 1 N–H and O–H groups in total. The summed E-state index contributed by atoms with van der Waals surface area (Å²) in [5, 5.41) is 10.3. The van der Waals surface area contributed by atoms with Crippen LogP contribution in [0.2, 0.25) is 5.02 Å². The van der Waals surface area contributed by atoms with E-state index in [0.29, 0.717) is 39.1 Å². The first-order valence-electron chi connectivity index (χ1n) is 8.63. The number of carbonyl (C=O) groups is 1. The topological polar surface area (TPSA) is 86.0 Å². The Morgan fingerprint density at radius 1 is 1.22 bits per heavy atom. The van der Waals surface area contributed by atoms with E-state index < -0.39 is 12.1 Å². The lowest BCUT2D eigenvalue weighted by Crippen LogP contribution is -2.25. The normalized spacial score (nSPS) is 12.4. The number of aliphatic carboxylic acids is 1. The molecule has 0 spiro atoms. The summed E-state index contributed by atoms with van der Waals surface area (Å²) in [6.07, 6.45) is 0.337. The molecule has 1 atom stereocenters. The first-order chi connectivity index (χ1) is 13.0. The molecular formula is C20H19ClO6. The maximum absolute atomic E-state index is 12.6. The average molecular weight is 391 g/mol. The molecule has 27 heavy (non-hydrogen) atoms. The fourth-order valence-electron chi connectivity index (χ4n) is 2.80. The van der Waals surface area contributed by atoms with Gasteiger partial charge in [-0.05, 0) is 30.7 Å². The first kappa shape index (κ1) is 19.2. The molecular weight excluding hydrogens is 372 g/mol. The van der Waals surface area contributed by atoms with Gasteiger partial charge in [-0.15, -0.1) is 0 Å². The van der Waals surface area contributed by atoms with E-state index in [4.69, 9.17) is 30.6 Å². The monoisotopic (exact) mass is 390 g/mol. The van der Waals surface area contributed by atoms with Crippen LogP contribution in [0.25, 0.3) is 21.9 Å². The van der Waals surface area contributed by atoms with Gasteiger partial charge in [0.05, 0.1) is 22.4 Å². The minimum absolute atomic E-state index is 0.141. The van der Waals surface area contributed by atoms with E-state index in [2.05, 4.69) is 0 Å². The number of rotatable bonds is 8. The Kier molecular flexibility index (Phi) is 5.98. The van der Waals surface area contributed by atoms with Gasteiger partial charge < -0.3 is 19.0 Å². The van der Waals surface area contributed by atoms with Crippen LogP contribution in [0.4, 0.5) is 0 Å². The van der Waals surface area contributed by atoms with E-state index in [0.717, 1.165) is 6.42 Å². The second-order valence-corrected chi connectivity index (χ2v) is 6.45. The zero-order valence-corrected chi connectivity index (χ0v) is 15.5. The van der Waals surface area contributed by atoms with Crippen molar-refractivity contribution < 1.29 is 23.8 Å². The Bertz CT molecular complexity index is 1030. The third-order valence-corrected chi connectivity index (χ3v) is 4.42. The van der Waals surface area contributed by atoms with Crippen molar-refractivity contribution in [2.45, 2.75) is 25.9 Å². The molecule has 2 aromatic carbocycles. The summed E-state index contributed by atoms with van der Waals surface area (Å²) in [4.78, 5) is 23.6. The molecule has 0 aliphatic rings. The van der Waals surface area contributed by atoms with Crippen LogP contribution in [0.5, 0.6) is 5.75 Å². The van der Waals surface area contributed by atoms with Gasteiger partial charge in [-0.1, -0.05) is 31.0 Å². The van der Waals surface area contributed by atoms with Crippen LogP contribution < -0.4 is 10.2 Å². The van der Waals surface area contributed by atoms with E-state index in [9.17, 15) is 9.59 Å². The summed E-state index contributed by atoms with van der Waals surface area (Å²) in [5.41, 5.74) is 0.543. The van der Waals surface area contributed by atoms with Crippen molar-refractivity contribution in [3.8, 4) is 5.75 Å². The van der Waals surface area contributed by atoms with Crippen LogP contribution in [0.15, 0.2) is 45.6 Å². The number of halogens is 1. The van der Waals surface area contributed by atoms with E-state index in [1.165, 1.54) is 0 Å². The van der Waals surface area contributed by atoms with E-state index in [1.54, 1.807) is 36.4 Å². The highest BCUT2D eigenvalue weighted by molar-refractivity contribution is 6.34. The standard InChI is InChI=1S/C20H19ClO6/c1-2-4-16(20(23)24)26-10-9-25-12-7-8-13-17(11-12)27-19-14(18(13)22)5-3-6-15(19)21/h3,5-8,11,16H,2,4,9-10H2,1H3,(H,23,24). The number of carboxylic acids is 1. The van der Waals surface area contributed by atoms with Crippen molar-refractivity contribution in [3.63, 3.8) is 0 Å². The molecule has 0 saturated carbocycles. The summed E-state index contributed by atoms with van der Waals surface area (Å²) in [7, 11) is 0. The van der Waals surface area contributed by atoms with Crippen LogP contribution in [0, 0.1) is 0 Å². The second kappa shape index (κ2) is 8.41. The Morgan fingerprint density at radius 2 is 2.04 bits per heavy atom. The third-order valence-electron chi connectivity index (χ3n) is 4.12. The molecule has 0 fully saturated rings. The van der Waals surface area contributed by atoms with Crippen molar-refractivity contribution in [2.24, 2.45) is 0 Å². The summed E-state index contributed by atoms with van der Waals surface area (Å²) >= 11 is 6.12. The molecule has 0 amide bonds. The molecule has 0 radical (unpaired) electrons. The summed E-state index contributed by atoms with van der Waals surface area (Å²) < 4.78 is 16.7. The highest BCUT2D eigenvalue weighted by Gasteiger charge is 2.16. The number of fused-ring (bicyclic) bond motifs is 2. The number of hydrogen-bond donors (Lipinski definition) is 1. The van der Waals surface area contributed by atoms with Crippen LogP contribution in [-0.4, -0.2) is 30.4 Å². The van der Waals surface area contributed by atoms with Gasteiger partial charge in [0.25, 0.3) is 0 Å². The molecule has 3 rings (SSSR count). The number of hydrogen-bond acceptors (Lipinski definition) is 5. The molecule has 142 valence electrons. The van der Waals surface area contributed by atoms with Crippen molar-refractivity contribution in [3.05, 3.63) is 51.6 Å². The van der Waals surface area contributed by atoms with Crippen LogP contribution in [0.1, 0.15) is 19.8 Å². The summed E-state index contributed by atoms with van der Waals surface area (Å²) in [5.74, 6) is -0.490. The van der Waals surface area contributed by atoms with Gasteiger partial charge in [-0.2, -0.15) is 0 Å². The predicted molar refractivity (Wildman–Crippen MR) is 103 cm³/mol. The fourth-order valence-corrected chi connectivity index (χ4v) is 3.01. The van der Waals surface area contributed by atoms with Crippen LogP contribution in [-0.2, 0) is 9.53 Å². The van der Waals surface area contributed by atoms with Crippen molar-refractivity contribution in [1.82, 2.24) is 0 Å². The van der Waals surface area contributed by atoms with E-state index in [1.807, 2.05) is 6.92 Å². The minimum atomic E-state index is -0.979. The molecule has 0 saturated heterocycles. The van der Waals surface area contributed by atoms with Gasteiger partial charge in [0, 0.05) is 6.07 Å². The molecule has 1 unspecified atom stereocenters. The lowest BCUT2D eigenvalue weighted by atomic mass is 10.1. The minimum Gasteiger partial charge on any atom is -0.491 e. The number of para-hydroxylation sites is 1. The number of ether oxygens (including phenoxy) is 2. The third kappa shape index (κ3) is 4.23. The van der Waals surface area contributed by atoms with Gasteiger partial charge in [0.2, 0.25) is 5.43 Å². The molecule has 3 aromatic rings. The lowest BCUT2D eigenvalue weighted by Gasteiger charge is -2.13. The molecule has 7 heteroatoms. The Balaban J connectivity index is 1.75. The second-order valence-electron chi connectivity index (χ2n) is 6.04. The fraction of sp³-hybridized carbons (Fsp3) is 0.300. The smallest absolute Gasteiger partial charge is 0.332 e. The quantitative estimate of drug-likeness (QED) is 0.457. The van der Waals surface area contributed by atoms with Gasteiger partial charge in [-0.25, -0.2) is 4.79 Å². The van der Waals surface area contributed by atoms with Crippen molar-refractivity contribution in [1.29, 1.82) is 0 Å². The van der Waals surface area contributed by atoms with Gasteiger partial charge in [0.1, 0.15) is 17.9 Å². The molecule has 1 aromatic heterocycles. The number of carboxylic acid groups (broad SMARTS) is 1. The van der Waals surface area contributed by atoms with E-state index >= 15 is 0 Å². The maximum atomic E-state index is 12.6. The molecule has 0 aliphatic carbocycles. The largest absolute Gasteiger partial charge is 0.491 e. The highest BCUT2D eigenvalue weighted by atomic mass is 35.5. The molecule has 6 nitrogen and oxygen atoms in total. The Hall–Kier alpha value is -2.57. The Morgan fingerprint density at radius 3 is 2.78 bits per heavy atom. The van der Waals surface area contributed by atoms with Gasteiger partial charge in [0.15, 0.2) is 11.7 Å². The van der Waals surface area contributed by atoms with E-state index in [-0.39, 0.29) is 18.6 Å². The zero-order valence-electron chi connectivity index (χ0n) is 14.7. The molecule has 0 aliphatic heterocycles. The van der Waals surface area contributed by atoms with Crippen molar-refractivity contribution in [2.75, 3.05) is 13.2 Å².